The first-order valence-electron chi connectivity index (χ1n) is 12.7. The molecule has 206 valence electrons. The molecule has 2 N–H and O–H groups in total. The first-order valence-corrected chi connectivity index (χ1v) is 12.7. The number of carbonyl (C=O) groups excluding carboxylic acids is 1. The average Bonchev–Trinajstić information content (AvgIpc) is 2.58. The maximum Gasteiger partial charge on any atom is 0.309 e. The summed E-state index contributed by atoms with van der Waals surface area (Å²) < 4.78 is 0. The van der Waals surface area contributed by atoms with Crippen LogP contribution in [0, 0.1) is 21.7 Å². The summed E-state index contributed by atoms with van der Waals surface area (Å²) in [6.45, 7) is 23.4. The van der Waals surface area contributed by atoms with Gasteiger partial charge in [-0.05, 0) is 101 Å². The fourth-order valence-electron chi connectivity index (χ4n) is 5.39. The maximum atomic E-state index is 14.1. The van der Waals surface area contributed by atoms with Crippen LogP contribution in [0.2, 0.25) is 0 Å². The molecule has 0 bridgehead atoms. The molecule has 7 nitrogen and oxygen atoms in total. The van der Waals surface area contributed by atoms with Gasteiger partial charge in [-0.2, -0.15) is 0 Å². The molecular weight excluding hydrogens is 444 g/mol. The van der Waals surface area contributed by atoms with Crippen molar-refractivity contribution in [3.8, 4) is 0 Å². The van der Waals surface area contributed by atoms with Crippen molar-refractivity contribution in [2.45, 2.75) is 120 Å². The lowest BCUT2D eigenvalue weighted by Gasteiger charge is -2.48. The van der Waals surface area contributed by atoms with Gasteiger partial charge in [0, 0.05) is 23.0 Å². The van der Waals surface area contributed by atoms with E-state index in [2.05, 4.69) is 18.7 Å². The predicted octanol–water partition coefficient (Wildman–Crippen LogP) is 5.77. The van der Waals surface area contributed by atoms with E-state index in [4.69, 9.17) is 0 Å². The van der Waals surface area contributed by atoms with E-state index in [1.54, 1.807) is 27.7 Å². The van der Waals surface area contributed by atoms with Gasteiger partial charge in [0.05, 0.1) is 10.8 Å². The van der Waals surface area contributed by atoms with Gasteiger partial charge in [0.1, 0.15) is 0 Å². The molecular formula is C28H54N2O5. The second-order valence-electron chi connectivity index (χ2n) is 14.7. The normalized spacial score (nSPS) is 14.3. The number of aliphatic carboxylic acids is 2. The second kappa shape index (κ2) is 10.8. The van der Waals surface area contributed by atoms with Crippen molar-refractivity contribution < 1.29 is 24.6 Å². The first kappa shape index (κ1) is 33.4. The van der Waals surface area contributed by atoms with Crippen molar-refractivity contribution in [2.75, 3.05) is 20.6 Å². The minimum atomic E-state index is -1.00. The fourth-order valence-corrected chi connectivity index (χ4v) is 5.39. The summed E-state index contributed by atoms with van der Waals surface area (Å²) >= 11 is 0. The molecule has 35 heavy (non-hydrogen) atoms. The summed E-state index contributed by atoms with van der Waals surface area (Å²) in [5.41, 5.74) is -3.81. The number of hydrogen-bond acceptors (Lipinski definition) is 4. The number of rotatable bonds is 14. The number of hydrogen-bond donors (Lipinski definition) is 2. The third-order valence-corrected chi connectivity index (χ3v) is 7.61. The third kappa shape index (κ3) is 9.40. The van der Waals surface area contributed by atoms with Crippen molar-refractivity contribution in [1.82, 2.24) is 9.80 Å². The van der Waals surface area contributed by atoms with Crippen LogP contribution in [-0.4, -0.2) is 69.6 Å². The highest BCUT2D eigenvalue weighted by Gasteiger charge is 2.46. The van der Waals surface area contributed by atoms with Crippen molar-refractivity contribution in [3.05, 3.63) is 0 Å². The van der Waals surface area contributed by atoms with Crippen molar-refractivity contribution in [3.63, 3.8) is 0 Å². The Morgan fingerprint density at radius 1 is 0.600 bits per heavy atom. The molecule has 0 saturated heterocycles. The molecule has 0 aromatic carbocycles. The highest BCUT2D eigenvalue weighted by molar-refractivity contribution is 5.83. The molecule has 0 aliphatic rings. The first-order chi connectivity index (χ1) is 15.2. The van der Waals surface area contributed by atoms with Crippen LogP contribution < -0.4 is 0 Å². The van der Waals surface area contributed by atoms with Crippen LogP contribution in [0.4, 0.5) is 0 Å². The number of carboxylic acids is 2. The summed E-state index contributed by atoms with van der Waals surface area (Å²) in [6, 6.07) is 0. The van der Waals surface area contributed by atoms with Crippen molar-refractivity contribution in [1.29, 1.82) is 0 Å². The number of carboxylic acid groups (broad SMARTS) is 2. The number of carbonyl (C=O) groups is 3. The van der Waals surface area contributed by atoms with Crippen LogP contribution in [0.3, 0.4) is 0 Å². The quantitative estimate of drug-likeness (QED) is 0.316. The molecule has 0 fully saturated rings. The SMILES string of the molecule is CN(C)C(C)(C)CC(C)(C)C(=O)N(CCC(C)(C)CC(C)(C)C(=O)O)C(C)(C)CC(C)(C)C(=O)O. The van der Waals surface area contributed by atoms with Crippen LogP contribution >= 0.6 is 0 Å². The minimum Gasteiger partial charge on any atom is -0.481 e. The monoisotopic (exact) mass is 498 g/mol. The Balaban J connectivity index is 6.24. The van der Waals surface area contributed by atoms with Crippen molar-refractivity contribution in [2.24, 2.45) is 21.7 Å². The molecule has 0 aliphatic heterocycles. The molecule has 0 spiro atoms. The summed E-state index contributed by atoms with van der Waals surface area (Å²) in [5, 5.41) is 19.4. The van der Waals surface area contributed by atoms with Crippen LogP contribution in [0.1, 0.15) is 109 Å². The molecule has 0 aromatic rings. The van der Waals surface area contributed by atoms with Gasteiger partial charge in [0.2, 0.25) is 5.91 Å². The lowest BCUT2D eigenvalue weighted by Crippen LogP contribution is -2.57. The van der Waals surface area contributed by atoms with E-state index in [9.17, 15) is 24.6 Å². The standard InChI is InChI=1S/C28H54N2O5/c1-23(2,17-25(5,6)21(32)33)15-16-30(28(11,12)19-26(7,8)22(34)35)20(31)24(3,4)18-27(9,10)29(13)14/h15-19H2,1-14H3,(H,32,33)(H,34,35). The molecule has 0 aliphatic carbocycles. The van der Waals surface area contributed by atoms with Gasteiger partial charge in [-0.3, -0.25) is 14.4 Å². The maximum absolute atomic E-state index is 14.1. The van der Waals surface area contributed by atoms with Crippen LogP contribution in [-0.2, 0) is 14.4 Å². The molecule has 0 atom stereocenters. The lowest BCUT2D eigenvalue weighted by molar-refractivity contribution is -0.156. The zero-order valence-electron chi connectivity index (χ0n) is 25.0. The molecule has 0 unspecified atom stereocenters. The van der Waals surface area contributed by atoms with E-state index in [0.29, 0.717) is 32.2 Å². The van der Waals surface area contributed by atoms with E-state index in [1.807, 2.05) is 60.5 Å². The van der Waals surface area contributed by atoms with Crippen LogP contribution in [0.15, 0.2) is 0 Å². The summed E-state index contributed by atoms with van der Waals surface area (Å²) in [7, 11) is 4.01. The van der Waals surface area contributed by atoms with Gasteiger partial charge >= 0.3 is 11.9 Å². The van der Waals surface area contributed by atoms with Gasteiger partial charge in [0.15, 0.2) is 0 Å². The average molecular weight is 499 g/mol. The third-order valence-electron chi connectivity index (χ3n) is 7.61. The molecule has 0 saturated carbocycles. The van der Waals surface area contributed by atoms with E-state index in [0.717, 1.165) is 0 Å². The topological polar surface area (TPSA) is 98.2 Å². The highest BCUT2D eigenvalue weighted by atomic mass is 16.4. The van der Waals surface area contributed by atoms with E-state index >= 15 is 0 Å². The predicted molar refractivity (Wildman–Crippen MR) is 142 cm³/mol. The Labute approximate surface area is 214 Å². The molecule has 0 heterocycles. The van der Waals surface area contributed by atoms with E-state index in [-0.39, 0.29) is 16.9 Å². The molecule has 1 amide bonds. The summed E-state index contributed by atoms with van der Waals surface area (Å²) in [5.74, 6) is -1.74. The van der Waals surface area contributed by atoms with Gasteiger partial charge in [-0.1, -0.05) is 27.7 Å². The van der Waals surface area contributed by atoms with Crippen LogP contribution in [0.25, 0.3) is 0 Å². The molecule has 0 rings (SSSR count). The highest BCUT2D eigenvalue weighted by Crippen LogP contribution is 2.41. The zero-order chi connectivity index (χ0) is 28.4. The zero-order valence-corrected chi connectivity index (χ0v) is 25.0. The Hall–Kier alpha value is -1.63. The Bertz CT molecular complexity index is 776. The molecule has 7 heteroatoms. The van der Waals surface area contributed by atoms with E-state index in [1.165, 1.54) is 0 Å². The van der Waals surface area contributed by atoms with Gasteiger partial charge in [-0.15, -0.1) is 0 Å². The van der Waals surface area contributed by atoms with Gasteiger partial charge in [0.25, 0.3) is 0 Å². The fraction of sp³-hybridized carbons (Fsp3) is 0.893. The Kier molecular flexibility index (Phi) is 10.3. The van der Waals surface area contributed by atoms with E-state index < -0.39 is 33.7 Å². The summed E-state index contributed by atoms with van der Waals surface area (Å²) in [4.78, 5) is 41.8. The number of nitrogens with zero attached hydrogens (tertiary/aromatic N) is 2. The smallest absolute Gasteiger partial charge is 0.309 e. The van der Waals surface area contributed by atoms with Crippen molar-refractivity contribution >= 4 is 17.8 Å². The Morgan fingerprint density at radius 3 is 1.34 bits per heavy atom. The second-order valence-corrected chi connectivity index (χ2v) is 14.7. The largest absolute Gasteiger partial charge is 0.481 e. The Morgan fingerprint density at radius 2 is 0.971 bits per heavy atom. The minimum absolute atomic E-state index is 0.00749. The van der Waals surface area contributed by atoms with Crippen LogP contribution in [0.5, 0.6) is 0 Å². The molecule has 0 aromatic heterocycles. The summed E-state index contributed by atoms with van der Waals surface area (Å²) in [6.07, 6.45) is 2.01. The van der Waals surface area contributed by atoms with Gasteiger partial charge < -0.3 is 20.0 Å². The molecule has 0 radical (unpaired) electrons. The lowest BCUT2D eigenvalue weighted by atomic mass is 9.72. The number of amides is 1. The van der Waals surface area contributed by atoms with Gasteiger partial charge in [-0.25, -0.2) is 0 Å².